The van der Waals surface area contributed by atoms with Crippen LogP contribution in [0.5, 0.6) is 0 Å². The summed E-state index contributed by atoms with van der Waals surface area (Å²) in [4.78, 5) is 32.6. The molecule has 7 rings (SSSR count). The number of amides is 1. The van der Waals surface area contributed by atoms with E-state index in [-0.39, 0.29) is 22.3 Å². The van der Waals surface area contributed by atoms with E-state index < -0.39 is 5.63 Å². The Labute approximate surface area is 233 Å². The SMILES string of the molecule is O=C1/C(=C\c2cn(-c3ccccc3)nc2-c2cc3c(ccc4ccccc43)oc2=O)N=C(S)N1c1ccccc1. The average molecular weight is 541 g/mol. The molecule has 3 heterocycles. The van der Waals surface area contributed by atoms with Crippen molar-refractivity contribution in [3.8, 4) is 16.9 Å². The second-order valence-electron chi connectivity index (χ2n) is 9.28. The Balaban J connectivity index is 1.42. The number of rotatable bonds is 4. The van der Waals surface area contributed by atoms with E-state index >= 15 is 0 Å². The number of anilines is 1. The van der Waals surface area contributed by atoms with Gasteiger partial charge in [-0.25, -0.2) is 14.5 Å². The second kappa shape index (κ2) is 9.52. The van der Waals surface area contributed by atoms with Crippen molar-refractivity contribution in [1.29, 1.82) is 0 Å². The fourth-order valence-electron chi connectivity index (χ4n) is 4.91. The van der Waals surface area contributed by atoms with E-state index in [4.69, 9.17) is 9.52 Å². The van der Waals surface area contributed by atoms with Crippen LogP contribution in [0.4, 0.5) is 5.69 Å². The van der Waals surface area contributed by atoms with Gasteiger partial charge in [-0.3, -0.25) is 9.69 Å². The summed E-state index contributed by atoms with van der Waals surface area (Å²) in [5.41, 5.74) is 2.80. The number of carbonyl (C=O) groups excluding carboxylic acids is 1. The fraction of sp³-hybridized carbons (Fsp3) is 0. The maximum Gasteiger partial charge on any atom is 0.345 e. The number of thiol groups is 1. The van der Waals surface area contributed by atoms with Gasteiger partial charge in [-0.15, -0.1) is 12.6 Å². The lowest BCUT2D eigenvalue weighted by Gasteiger charge is -2.14. The molecule has 0 saturated heterocycles. The minimum atomic E-state index is -0.525. The third-order valence-electron chi connectivity index (χ3n) is 6.81. The standard InChI is InChI=1S/C32H20N4O3S/c37-30-27(33-32(40)36(30)23-12-5-2-6-13-23)17-21-19-35(22-10-3-1-4-11-22)34-29(21)26-18-25-24-14-8-7-9-20(24)15-16-28(25)39-31(26)38/h1-19H,(H,33,40)/b27-17+. The monoisotopic (exact) mass is 540 g/mol. The molecule has 192 valence electrons. The summed E-state index contributed by atoms with van der Waals surface area (Å²) in [5, 5.41) is 7.82. The molecule has 8 heteroatoms. The molecule has 0 saturated carbocycles. The first-order valence-corrected chi connectivity index (χ1v) is 13.0. The first-order valence-electron chi connectivity index (χ1n) is 12.6. The van der Waals surface area contributed by atoms with Gasteiger partial charge < -0.3 is 4.42 Å². The highest BCUT2D eigenvalue weighted by Crippen LogP contribution is 2.32. The maximum atomic E-state index is 13.4. The Kier molecular flexibility index (Phi) is 5.68. The van der Waals surface area contributed by atoms with Crippen molar-refractivity contribution in [2.24, 2.45) is 4.99 Å². The maximum absolute atomic E-state index is 13.4. The molecule has 7 nitrogen and oxygen atoms in total. The van der Waals surface area contributed by atoms with Crippen LogP contribution < -0.4 is 10.5 Å². The van der Waals surface area contributed by atoms with Crippen LogP contribution >= 0.6 is 12.6 Å². The molecule has 0 spiro atoms. The van der Waals surface area contributed by atoms with Gasteiger partial charge in [0.2, 0.25) is 0 Å². The third-order valence-corrected chi connectivity index (χ3v) is 7.11. The highest BCUT2D eigenvalue weighted by molar-refractivity contribution is 7.97. The van der Waals surface area contributed by atoms with E-state index in [2.05, 4.69) is 17.6 Å². The molecule has 0 atom stereocenters. The number of amidine groups is 1. The number of nitrogens with zero attached hydrogens (tertiary/aromatic N) is 4. The Morgan fingerprint density at radius 3 is 2.25 bits per heavy atom. The zero-order chi connectivity index (χ0) is 27.2. The minimum Gasteiger partial charge on any atom is -0.422 e. The van der Waals surface area contributed by atoms with E-state index in [1.54, 1.807) is 23.0 Å². The van der Waals surface area contributed by atoms with Crippen molar-refractivity contribution in [3.63, 3.8) is 0 Å². The Morgan fingerprint density at radius 2 is 1.48 bits per heavy atom. The minimum absolute atomic E-state index is 0.179. The predicted octanol–water partition coefficient (Wildman–Crippen LogP) is 6.47. The van der Waals surface area contributed by atoms with Crippen LogP contribution in [0.25, 0.3) is 44.8 Å². The normalized spacial score (nSPS) is 14.4. The van der Waals surface area contributed by atoms with Gasteiger partial charge in [-0.1, -0.05) is 66.7 Å². The smallest absolute Gasteiger partial charge is 0.345 e. The van der Waals surface area contributed by atoms with Crippen molar-refractivity contribution in [1.82, 2.24) is 9.78 Å². The van der Waals surface area contributed by atoms with Gasteiger partial charge in [0.15, 0.2) is 5.17 Å². The van der Waals surface area contributed by atoms with Crippen LogP contribution in [0.3, 0.4) is 0 Å². The molecule has 0 radical (unpaired) electrons. The second-order valence-corrected chi connectivity index (χ2v) is 9.68. The lowest BCUT2D eigenvalue weighted by molar-refractivity contribution is -0.113. The van der Waals surface area contributed by atoms with E-state index in [9.17, 15) is 9.59 Å². The number of fused-ring (bicyclic) bond motifs is 3. The first kappa shape index (κ1) is 23.9. The Bertz CT molecular complexity index is 2060. The topological polar surface area (TPSA) is 80.7 Å². The van der Waals surface area contributed by atoms with Gasteiger partial charge in [0.1, 0.15) is 17.0 Å². The number of aliphatic imine (C=N–C) groups is 1. The molecule has 2 aromatic heterocycles. The number of hydrogen-bond acceptors (Lipinski definition) is 5. The molecule has 0 aliphatic carbocycles. The fourth-order valence-corrected chi connectivity index (χ4v) is 5.23. The van der Waals surface area contributed by atoms with Gasteiger partial charge in [-0.2, -0.15) is 5.10 Å². The Morgan fingerprint density at radius 1 is 0.775 bits per heavy atom. The molecule has 0 bridgehead atoms. The van der Waals surface area contributed by atoms with E-state index in [0.29, 0.717) is 22.5 Å². The predicted molar refractivity (Wildman–Crippen MR) is 161 cm³/mol. The number of hydrogen-bond donors (Lipinski definition) is 1. The van der Waals surface area contributed by atoms with Crippen molar-refractivity contribution >= 4 is 57.2 Å². The molecule has 0 fully saturated rings. The van der Waals surface area contributed by atoms with E-state index in [1.165, 1.54) is 4.90 Å². The zero-order valence-corrected chi connectivity index (χ0v) is 21.8. The number of aromatic nitrogens is 2. The number of carbonyl (C=O) groups is 1. The number of benzene rings is 4. The summed E-state index contributed by atoms with van der Waals surface area (Å²) in [7, 11) is 0. The highest BCUT2D eigenvalue weighted by Gasteiger charge is 2.30. The van der Waals surface area contributed by atoms with E-state index in [1.807, 2.05) is 97.1 Å². The molecular weight excluding hydrogens is 520 g/mol. The highest BCUT2D eigenvalue weighted by atomic mass is 32.1. The van der Waals surface area contributed by atoms with Crippen molar-refractivity contribution in [2.75, 3.05) is 4.90 Å². The molecule has 0 N–H and O–H groups in total. The lowest BCUT2D eigenvalue weighted by atomic mass is 10.0. The van der Waals surface area contributed by atoms with Crippen LogP contribution in [-0.2, 0) is 4.79 Å². The lowest BCUT2D eigenvalue weighted by Crippen LogP contribution is -2.28. The molecule has 1 amide bonds. The average Bonchev–Trinajstić information content (AvgIpc) is 3.53. The van der Waals surface area contributed by atoms with Crippen molar-refractivity contribution in [2.45, 2.75) is 0 Å². The largest absolute Gasteiger partial charge is 0.422 e. The molecule has 0 unspecified atom stereocenters. The van der Waals surface area contributed by atoms with Crippen molar-refractivity contribution in [3.05, 3.63) is 131 Å². The summed E-state index contributed by atoms with van der Waals surface area (Å²) in [6, 6.07) is 32.2. The summed E-state index contributed by atoms with van der Waals surface area (Å²) >= 11 is 4.46. The zero-order valence-electron chi connectivity index (χ0n) is 20.9. The van der Waals surface area contributed by atoms with Crippen LogP contribution in [-0.4, -0.2) is 20.9 Å². The van der Waals surface area contributed by atoms with Crippen LogP contribution in [0, 0.1) is 0 Å². The first-order chi connectivity index (χ1) is 19.6. The molecule has 1 aliphatic heterocycles. The summed E-state index contributed by atoms with van der Waals surface area (Å²) in [6.07, 6.45) is 3.41. The molecule has 40 heavy (non-hydrogen) atoms. The summed E-state index contributed by atoms with van der Waals surface area (Å²) in [5.74, 6) is -0.328. The molecule has 6 aromatic rings. The van der Waals surface area contributed by atoms with Crippen molar-refractivity contribution < 1.29 is 9.21 Å². The number of para-hydroxylation sites is 2. The van der Waals surface area contributed by atoms with Gasteiger partial charge in [0.05, 0.1) is 16.9 Å². The van der Waals surface area contributed by atoms with Crippen LogP contribution in [0.1, 0.15) is 5.56 Å². The molecule has 1 aliphatic rings. The van der Waals surface area contributed by atoms with E-state index in [0.717, 1.165) is 21.8 Å². The van der Waals surface area contributed by atoms with Gasteiger partial charge in [-0.05, 0) is 53.2 Å². The Hall–Kier alpha value is -5.21. The molecule has 4 aromatic carbocycles. The van der Waals surface area contributed by atoms with Gasteiger partial charge in [0.25, 0.3) is 5.91 Å². The molecular formula is C32H20N4O3S. The van der Waals surface area contributed by atoms with Crippen LogP contribution in [0.2, 0.25) is 0 Å². The summed E-state index contributed by atoms with van der Waals surface area (Å²) in [6.45, 7) is 0. The van der Waals surface area contributed by atoms with Gasteiger partial charge in [0, 0.05) is 17.1 Å². The van der Waals surface area contributed by atoms with Crippen LogP contribution in [0.15, 0.2) is 129 Å². The summed E-state index contributed by atoms with van der Waals surface area (Å²) < 4.78 is 7.44. The van der Waals surface area contributed by atoms with Gasteiger partial charge >= 0.3 is 5.63 Å². The third kappa shape index (κ3) is 4.02. The quantitative estimate of drug-likeness (QED) is 0.120.